The number of allylic oxidation sites excluding steroid dienone is 2. The molecule has 1 aliphatic rings. The molecule has 2 heterocycles. The highest BCUT2D eigenvalue weighted by molar-refractivity contribution is 6.99. The fourth-order valence-corrected chi connectivity index (χ4v) is 2.14. The lowest BCUT2D eigenvalue weighted by Crippen LogP contribution is -2.21. The minimum Gasteiger partial charge on any atom is -0.373 e. The second-order valence-electron chi connectivity index (χ2n) is 3.00. The molecular formula is C9H10ClN3S. The van der Waals surface area contributed by atoms with Gasteiger partial charge in [-0.2, -0.15) is 8.75 Å². The Bertz CT molecular complexity index is 383. The molecule has 74 valence electrons. The molecule has 1 aliphatic heterocycles. The van der Waals surface area contributed by atoms with Crippen LogP contribution in [0.5, 0.6) is 0 Å². The molecule has 0 unspecified atom stereocenters. The minimum atomic E-state index is 0.507. The Labute approximate surface area is 92.0 Å². The molecule has 1 aromatic heterocycles. The third-order valence-electron chi connectivity index (χ3n) is 2.13. The topological polar surface area (TPSA) is 29.0 Å². The summed E-state index contributed by atoms with van der Waals surface area (Å²) in [5.41, 5.74) is 1.95. The van der Waals surface area contributed by atoms with Crippen molar-refractivity contribution in [2.75, 3.05) is 13.1 Å². The van der Waals surface area contributed by atoms with Crippen LogP contribution in [-0.2, 0) is 0 Å². The quantitative estimate of drug-likeness (QED) is 0.777. The summed E-state index contributed by atoms with van der Waals surface area (Å²) >= 11 is 7.07. The number of hydrogen-bond acceptors (Lipinski definition) is 4. The maximum atomic E-state index is 5.92. The lowest BCUT2D eigenvalue weighted by atomic mass is 10.1. The molecule has 3 nitrogen and oxygen atoms in total. The molecule has 1 aromatic rings. The fraction of sp³-hybridized carbons (Fsp3) is 0.333. The molecule has 0 bridgehead atoms. The molecule has 0 fully saturated rings. The van der Waals surface area contributed by atoms with Crippen molar-refractivity contribution >= 4 is 28.9 Å². The number of likely N-dealkylation sites (N-methyl/N-ethyl adjacent to an activating group) is 1. The molecule has 0 atom stereocenters. The molecular weight excluding hydrogens is 218 g/mol. The zero-order valence-corrected chi connectivity index (χ0v) is 9.35. The monoisotopic (exact) mass is 227 g/mol. The van der Waals surface area contributed by atoms with Gasteiger partial charge in [0.05, 0.1) is 11.7 Å². The summed E-state index contributed by atoms with van der Waals surface area (Å²) in [5.74, 6) is 0. The van der Waals surface area contributed by atoms with E-state index in [1.54, 1.807) is 0 Å². The van der Waals surface area contributed by atoms with E-state index in [9.17, 15) is 0 Å². The van der Waals surface area contributed by atoms with E-state index < -0.39 is 0 Å². The summed E-state index contributed by atoms with van der Waals surface area (Å²) < 4.78 is 8.13. The number of hydrogen-bond donors (Lipinski definition) is 0. The van der Waals surface area contributed by atoms with Crippen LogP contribution in [0.15, 0.2) is 18.4 Å². The minimum absolute atomic E-state index is 0.507. The van der Waals surface area contributed by atoms with E-state index in [1.165, 1.54) is 0 Å². The van der Waals surface area contributed by atoms with Gasteiger partial charge in [-0.15, -0.1) is 0 Å². The molecule has 0 N–H and O–H groups in total. The Morgan fingerprint density at radius 2 is 2.43 bits per heavy atom. The summed E-state index contributed by atoms with van der Waals surface area (Å²) in [6, 6.07) is 0. The van der Waals surface area contributed by atoms with Crippen LogP contribution in [-0.4, -0.2) is 26.7 Å². The lowest BCUT2D eigenvalue weighted by molar-refractivity contribution is 0.442. The van der Waals surface area contributed by atoms with E-state index in [1.807, 2.05) is 12.2 Å². The zero-order valence-electron chi connectivity index (χ0n) is 7.77. The van der Waals surface area contributed by atoms with E-state index >= 15 is 0 Å². The van der Waals surface area contributed by atoms with E-state index in [0.29, 0.717) is 5.15 Å². The van der Waals surface area contributed by atoms with Gasteiger partial charge in [0.1, 0.15) is 5.69 Å². The molecule has 0 saturated heterocycles. The van der Waals surface area contributed by atoms with Gasteiger partial charge in [-0.1, -0.05) is 17.7 Å². The summed E-state index contributed by atoms with van der Waals surface area (Å²) in [5, 5.41) is 0.507. The summed E-state index contributed by atoms with van der Waals surface area (Å²) in [7, 11) is 0. The predicted molar refractivity (Wildman–Crippen MR) is 59.3 cm³/mol. The SMILES string of the molecule is CCN1C=CC=C(c2nsnc2Cl)C1. The summed E-state index contributed by atoms with van der Waals surface area (Å²) in [4.78, 5) is 2.20. The third-order valence-corrected chi connectivity index (χ3v) is 3.02. The van der Waals surface area contributed by atoms with Gasteiger partial charge in [0.25, 0.3) is 0 Å². The fourth-order valence-electron chi connectivity index (χ4n) is 1.35. The third kappa shape index (κ3) is 1.81. The van der Waals surface area contributed by atoms with Crippen LogP contribution in [0.2, 0.25) is 5.15 Å². The Kier molecular flexibility index (Phi) is 2.84. The summed E-state index contributed by atoms with van der Waals surface area (Å²) in [6.07, 6.45) is 6.12. The van der Waals surface area contributed by atoms with Crippen molar-refractivity contribution in [3.05, 3.63) is 29.2 Å². The molecule has 0 aromatic carbocycles. The van der Waals surface area contributed by atoms with Gasteiger partial charge in [0.2, 0.25) is 0 Å². The van der Waals surface area contributed by atoms with Crippen molar-refractivity contribution in [2.24, 2.45) is 0 Å². The highest BCUT2D eigenvalue weighted by Gasteiger charge is 2.14. The number of aromatic nitrogens is 2. The van der Waals surface area contributed by atoms with Crippen LogP contribution in [0.3, 0.4) is 0 Å². The highest BCUT2D eigenvalue weighted by atomic mass is 35.5. The van der Waals surface area contributed by atoms with Crippen molar-refractivity contribution in [1.82, 2.24) is 13.6 Å². The van der Waals surface area contributed by atoms with Gasteiger partial charge in [-0.3, -0.25) is 0 Å². The van der Waals surface area contributed by atoms with Crippen molar-refractivity contribution in [1.29, 1.82) is 0 Å². The first kappa shape index (κ1) is 9.68. The Balaban J connectivity index is 2.24. The molecule has 0 saturated carbocycles. The van der Waals surface area contributed by atoms with Crippen molar-refractivity contribution in [2.45, 2.75) is 6.92 Å². The number of halogens is 1. The number of rotatable bonds is 2. The van der Waals surface area contributed by atoms with Gasteiger partial charge in [0, 0.05) is 18.7 Å². The maximum Gasteiger partial charge on any atom is 0.170 e. The van der Waals surface area contributed by atoms with Gasteiger partial charge >= 0.3 is 0 Å². The smallest absolute Gasteiger partial charge is 0.170 e. The van der Waals surface area contributed by atoms with Gasteiger partial charge in [-0.05, 0) is 19.2 Å². The van der Waals surface area contributed by atoms with Gasteiger partial charge < -0.3 is 4.90 Å². The Morgan fingerprint density at radius 3 is 3.07 bits per heavy atom. The molecule has 2 rings (SSSR count). The van der Waals surface area contributed by atoms with Gasteiger partial charge in [-0.25, -0.2) is 0 Å². The maximum absolute atomic E-state index is 5.92. The normalized spacial score (nSPS) is 15.9. The van der Waals surface area contributed by atoms with E-state index in [4.69, 9.17) is 11.6 Å². The first-order chi connectivity index (χ1) is 6.81. The van der Waals surface area contributed by atoms with Crippen LogP contribution in [0.25, 0.3) is 5.57 Å². The van der Waals surface area contributed by atoms with Crippen LogP contribution in [0.1, 0.15) is 12.6 Å². The molecule has 14 heavy (non-hydrogen) atoms. The summed E-state index contributed by atoms with van der Waals surface area (Å²) in [6.45, 7) is 3.97. The molecule has 5 heteroatoms. The predicted octanol–water partition coefficient (Wildman–Crippen LogP) is 2.42. The molecule has 0 amide bonds. The first-order valence-electron chi connectivity index (χ1n) is 4.41. The van der Waals surface area contributed by atoms with E-state index in [2.05, 4.69) is 26.8 Å². The van der Waals surface area contributed by atoms with Crippen molar-refractivity contribution in [3.63, 3.8) is 0 Å². The number of nitrogens with zero attached hydrogens (tertiary/aromatic N) is 3. The van der Waals surface area contributed by atoms with Crippen molar-refractivity contribution in [3.8, 4) is 0 Å². The Morgan fingerprint density at radius 1 is 1.57 bits per heavy atom. The first-order valence-corrected chi connectivity index (χ1v) is 5.52. The second-order valence-corrected chi connectivity index (χ2v) is 3.89. The van der Waals surface area contributed by atoms with Crippen molar-refractivity contribution < 1.29 is 0 Å². The average Bonchev–Trinajstić information content (AvgIpc) is 2.65. The second kappa shape index (κ2) is 4.11. The van der Waals surface area contributed by atoms with Crippen LogP contribution >= 0.6 is 23.3 Å². The largest absolute Gasteiger partial charge is 0.373 e. The van der Waals surface area contributed by atoms with Crippen LogP contribution < -0.4 is 0 Å². The molecule has 0 spiro atoms. The van der Waals surface area contributed by atoms with Gasteiger partial charge in [0.15, 0.2) is 5.15 Å². The average molecular weight is 228 g/mol. The van der Waals surface area contributed by atoms with Crippen LogP contribution in [0.4, 0.5) is 0 Å². The zero-order chi connectivity index (χ0) is 9.97. The van der Waals surface area contributed by atoms with E-state index in [-0.39, 0.29) is 0 Å². The highest BCUT2D eigenvalue weighted by Crippen LogP contribution is 2.24. The molecule has 0 radical (unpaired) electrons. The lowest BCUT2D eigenvalue weighted by Gasteiger charge is -2.21. The van der Waals surface area contributed by atoms with E-state index in [0.717, 1.165) is 36.1 Å². The Hall–Kier alpha value is -0.870. The molecule has 0 aliphatic carbocycles. The van der Waals surface area contributed by atoms with Crippen LogP contribution in [0, 0.1) is 0 Å². The standard InChI is InChI=1S/C9H10ClN3S/c1-2-13-5-3-4-7(6-13)8-9(10)12-14-11-8/h3-5H,2,6H2,1H3.